The van der Waals surface area contributed by atoms with Gasteiger partial charge in [-0.1, -0.05) is 30.3 Å². The lowest BCUT2D eigenvalue weighted by Gasteiger charge is -2.11. The predicted octanol–water partition coefficient (Wildman–Crippen LogP) is 4.47. The average molecular weight is 309 g/mol. The highest BCUT2D eigenvalue weighted by Crippen LogP contribution is 2.25. The Kier molecular flexibility index (Phi) is 4.51. The van der Waals surface area contributed by atoms with Gasteiger partial charge in [0, 0.05) is 6.54 Å². The number of ether oxygens (including phenoxy) is 1. The minimum Gasteiger partial charge on any atom is -0.457 e. The number of hydrogen-bond acceptors (Lipinski definition) is 3. The van der Waals surface area contributed by atoms with E-state index in [9.17, 15) is 4.79 Å². The van der Waals surface area contributed by atoms with E-state index in [0.717, 1.165) is 5.56 Å². The van der Waals surface area contributed by atoms with E-state index in [1.807, 2.05) is 59.3 Å². The number of nitrogens with one attached hydrogen (secondary N) is 1. The van der Waals surface area contributed by atoms with Crippen molar-refractivity contribution in [1.29, 1.82) is 0 Å². The Labute approximate surface area is 133 Å². The molecule has 3 rings (SSSR count). The number of rotatable bonds is 5. The van der Waals surface area contributed by atoms with Gasteiger partial charge in [-0.25, -0.2) is 0 Å². The third kappa shape index (κ3) is 3.54. The molecule has 0 fully saturated rings. The van der Waals surface area contributed by atoms with Crippen molar-refractivity contribution in [3.63, 3.8) is 0 Å². The lowest BCUT2D eigenvalue weighted by molar-refractivity contribution is 0.0948. The van der Waals surface area contributed by atoms with Gasteiger partial charge in [-0.2, -0.15) is 11.3 Å². The van der Waals surface area contributed by atoms with Crippen molar-refractivity contribution in [2.45, 2.75) is 6.54 Å². The molecular weight excluding hydrogens is 294 g/mol. The molecule has 0 saturated heterocycles. The molecular formula is C18H15NO2S. The van der Waals surface area contributed by atoms with Crippen molar-refractivity contribution < 1.29 is 9.53 Å². The maximum absolute atomic E-state index is 12.4. The molecule has 0 spiro atoms. The lowest BCUT2D eigenvalue weighted by atomic mass is 10.2. The van der Waals surface area contributed by atoms with E-state index >= 15 is 0 Å². The second kappa shape index (κ2) is 6.91. The van der Waals surface area contributed by atoms with E-state index < -0.39 is 0 Å². The minimum atomic E-state index is -0.141. The van der Waals surface area contributed by atoms with Crippen LogP contribution in [0.25, 0.3) is 0 Å². The van der Waals surface area contributed by atoms with Crippen LogP contribution in [-0.2, 0) is 6.54 Å². The average Bonchev–Trinajstić information content (AvgIpc) is 3.08. The molecule has 0 radical (unpaired) electrons. The van der Waals surface area contributed by atoms with Gasteiger partial charge in [0.1, 0.15) is 11.5 Å². The monoisotopic (exact) mass is 309 g/mol. The summed E-state index contributed by atoms with van der Waals surface area (Å²) >= 11 is 1.62. The van der Waals surface area contributed by atoms with Gasteiger partial charge in [-0.3, -0.25) is 4.79 Å². The molecule has 1 amide bonds. The van der Waals surface area contributed by atoms with E-state index in [4.69, 9.17) is 4.74 Å². The minimum absolute atomic E-state index is 0.141. The summed E-state index contributed by atoms with van der Waals surface area (Å²) in [5.74, 6) is 1.12. The molecule has 0 atom stereocenters. The van der Waals surface area contributed by atoms with Crippen LogP contribution < -0.4 is 10.1 Å². The zero-order valence-corrected chi connectivity index (χ0v) is 12.7. The van der Waals surface area contributed by atoms with E-state index in [2.05, 4.69) is 5.32 Å². The van der Waals surface area contributed by atoms with Crippen molar-refractivity contribution in [1.82, 2.24) is 5.32 Å². The van der Waals surface area contributed by atoms with Gasteiger partial charge in [0.15, 0.2) is 0 Å². The number of carbonyl (C=O) groups excluding carboxylic acids is 1. The molecule has 22 heavy (non-hydrogen) atoms. The Hall–Kier alpha value is -2.59. The van der Waals surface area contributed by atoms with Crippen LogP contribution in [0.3, 0.4) is 0 Å². The molecule has 3 nitrogen and oxygen atoms in total. The Balaban J connectivity index is 1.74. The molecule has 1 aromatic heterocycles. The van der Waals surface area contributed by atoms with E-state index in [0.29, 0.717) is 23.6 Å². The molecule has 0 unspecified atom stereocenters. The zero-order chi connectivity index (χ0) is 15.2. The molecule has 0 aliphatic heterocycles. The summed E-state index contributed by atoms with van der Waals surface area (Å²) in [5.41, 5.74) is 1.63. The largest absolute Gasteiger partial charge is 0.457 e. The molecule has 1 heterocycles. The standard InChI is InChI=1S/C18H15NO2S/c20-18(19-12-14-10-11-22-13-14)16-8-4-5-9-17(16)21-15-6-2-1-3-7-15/h1-11,13H,12H2,(H,19,20). The van der Waals surface area contributed by atoms with Crippen molar-refractivity contribution in [3.05, 3.63) is 82.6 Å². The molecule has 0 bridgehead atoms. The normalized spacial score (nSPS) is 10.2. The third-order valence-corrected chi connectivity index (χ3v) is 3.87. The molecule has 2 aromatic carbocycles. The highest BCUT2D eigenvalue weighted by molar-refractivity contribution is 7.07. The first kappa shape index (κ1) is 14.4. The lowest BCUT2D eigenvalue weighted by Crippen LogP contribution is -2.22. The number of hydrogen-bond donors (Lipinski definition) is 1. The SMILES string of the molecule is O=C(NCc1ccsc1)c1ccccc1Oc1ccccc1. The number of amides is 1. The van der Waals surface area contributed by atoms with E-state index in [1.165, 1.54) is 0 Å². The van der Waals surface area contributed by atoms with Crippen LogP contribution in [-0.4, -0.2) is 5.91 Å². The van der Waals surface area contributed by atoms with Crippen LogP contribution >= 0.6 is 11.3 Å². The van der Waals surface area contributed by atoms with E-state index in [1.54, 1.807) is 23.5 Å². The van der Waals surface area contributed by atoms with Crippen LogP contribution in [0.5, 0.6) is 11.5 Å². The quantitative estimate of drug-likeness (QED) is 0.755. The van der Waals surface area contributed by atoms with Gasteiger partial charge in [0.25, 0.3) is 5.91 Å². The highest BCUT2D eigenvalue weighted by Gasteiger charge is 2.12. The Bertz CT molecular complexity index is 739. The number of carbonyl (C=O) groups is 1. The van der Waals surface area contributed by atoms with Crippen LogP contribution in [0.1, 0.15) is 15.9 Å². The maximum atomic E-state index is 12.4. The first-order valence-corrected chi connectivity index (χ1v) is 7.88. The molecule has 1 N–H and O–H groups in total. The van der Waals surface area contributed by atoms with Crippen molar-refractivity contribution in [2.75, 3.05) is 0 Å². The summed E-state index contributed by atoms with van der Waals surface area (Å²) in [4.78, 5) is 12.4. The number of benzene rings is 2. The molecule has 110 valence electrons. The van der Waals surface area contributed by atoms with Gasteiger partial charge in [0.2, 0.25) is 0 Å². The van der Waals surface area contributed by atoms with Gasteiger partial charge >= 0.3 is 0 Å². The molecule has 4 heteroatoms. The fraction of sp³-hybridized carbons (Fsp3) is 0.0556. The first-order chi connectivity index (χ1) is 10.8. The summed E-state index contributed by atoms with van der Waals surface area (Å²) in [5, 5.41) is 6.93. The Morgan fingerprint density at radius 3 is 2.55 bits per heavy atom. The van der Waals surface area contributed by atoms with Gasteiger partial charge in [-0.05, 0) is 46.7 Å². The van der Waals surface area contributed by atoms with Crippen molar-refractivity contribution in [3.8, 4) is 11.5 Å². The van der Waals surface area contributed by atoms with Crippen LogP contribution in [0.15, 0.2) is 71.4 Å². The summed E-state index contributed by atoms with van der Waals surface area (Å²) in [6.45, 7) is 0.516. The smallest absolute Gasteiger partial charge is 0.255 e. The highest BCUT2D eigenvalue weighted by atomic mass is 32.1. The number of para-hydroxylation sites is 2. The predicted molar refractivity (Wildman–Crippen MR) is 88.4 cm³/mol. The fourth-order valence-electron chi connectivity index (χ4n) is 2.03. The van der Waals surface area contributed by atoms with E-state index in [-0.39, 0.29) is 5.91 Å². The zero-order valence-electron chi connectivity index (χ0n) is 11.9. The van der Waals surface area contributed by atoms with Crippen LogP contribution in [0, 0.1) is 0 Å². The second-order valence-electron chi connectivity index (χ2n) is 4.73. The van der Waals surface area contributed by atoms with Crippen LogP contribution in [0.2, 0.25) is 0 Å². The summed E-state index contributed by atoms with van der Waals surface area (Å²) in [6.07, 6.45) is 0. The van der Waals surface area contributed by atoms with Crippen molar-refractivity contribution in [2.24, 2.45) is 0 Å². The summed E-state index contributed by atoms with van der Waals surface area (Å²) < 4.78 is 5.81. The number of thiophene rings is 1. The van der Waals surface area contributed by atoms with Gasteiger partial charge in [-0.15, -0.1) is 0 Å². The first-order valence-electron chi connectivity index (χ1n) is 6.94. The summed E-state index contributed by atoms with van der Waals surface area (Å²) in [6, 6.07) is 18.7. The topological polar surface area (TPSA) is 38.3 Å². The third-order valence-electron chi connectivity index (χ3n) is 3.14. The molecule has 0 saturated carbocycles. The Morgan fingerprint density at radius 2 is 1.77 bits per heavy atom. The maximum Gasteiger partial charge on any atom is 0.255 e. The fourth-order valence-corrected chi connectivity index (χ4v) is 2.70. The van der Waals surface area contributed by atoms with Gasteiger partial charge < -0.3 is 10.1 Å². The second-order valence-corrected chi connectivity index (χ2v) is 5.51. The summed E-state index contributed by atoms with van der Waals surface area (Å²) in [7, 11) is 0. The molecule has 0 aliphatic rings. The van der Waals surface area contributed by atoms with Gasteiger partial charge in [0.05, 0.1) is 5.56 Å². The Morgan fingerprint density at radius 1 is 1.00 bits per heavy atom. The molecule has 0 aliphatic carbocycles. The van der Waals surface area contributed by atoms with Crippen LogP contribution in [0.4, 0.5) is 0 Å². The van der Waals surface area contributed by atoms with Crippen molar-refractivity contribution >= 4 is 17.2 Å². The molecule has 3 aromatic rings.